The molecule has 0 aliphatic heterocycles. The highest BCUT2D eigenvalue weighted by Crippen LogP contribution is 2.18. The van der Waals surface area contributed by atoms with Gasteiger partial charge < -0.3 is 11.5 Å². The lowest BCUT2D eigenvalue weighted by Crippen LogP contribution is -2.13. The van der Waals surface area contributed by atoms with Crippen LogP contribution in [0.25, 0.3) is 11.3 Å². The second-order valence-electron chi connectivity index (χ2n) is 3.21. The minimum atomic E-state index is 0.526. The fraction of sp³-hybridized carbons (Fsp3) is 0.200. The molecule has 2 aromatic heterocycles. The second-order valence-corrected chi connectivity index (χ2v) is 3.21. The van der Waals surface area contributed by atoms with E-state index in [0.29, 0.717) is 18.9 Å². The summed E-state index contributed by atoms with van der Waals surface area (Å²) in [6, 6.07) is 5.64. The SMILES string of the molecule is NCCn1nc(-c2cccnc2)cc1N. The van der Waals surface area contributed by atoms with Gasteiger partial charge in [0.1, 0.15) is 5.82 Å². The van der Waals surface area contributed by atoms with Gasteiger partial charge in [0.25, 0.3) is 0 Å². The lowest BCUT2D eigenvalue weighted by molar-refractivity contribution is 0.636. The van der Waals surface area contributed by atoms with E-state index in [1.807, 2.05) is 18.2 Å². The number of nitrogens with zero attached hydrogens (tertiary/aromatic N) is 3. The fourth-order valence-electron chi connectivity index (χ4n) is 1.39. The average Bonchev–Trinajstić information content (AvgIpc) is 2.63. The van der Waals surface area contributed by atoms with Gasteiger partial charge in [-0.1, -0.05) is 0 Å². The molecule has 0 fully saturated rings. The zero-order valence-electron chi connectivity index (χ0n) is 8.30. The van der Waals surface area contributed by atoms with E-state index in [9.17, 15) is 0 Å². The molecule has 0 aliphatic carbocycles. The standard InChI is InChI=1S/C10H13N5/c11-3-5-15-10(12)6-9(14-15)8-2-1-4-13-7-8/h1-2,4,6-7H,3,5,11-12H2. The third kappa shape index (κ3) is 1.97. The van der Waals surface area contributed by atoms with Crippen molar-refractivity contribution < 1.29 is 0 Å². The Morgan fingerprint density at radius 1 is 1.40 bits per heavy atom. The zero-order valence-corrected chi connectivity index (χ0v) is 8.30. The van der Waals surface area contributed by atoms with Crippen molar-refractivity contribution in [2.45, 2.75) is 6.54 Å². The monoisotopic (exact) mass is 203 g/mol. The van der Waals surface area contributed by atoms with E-state index in [4.69, 9.17) is 11.5 Å². The highest BCUT2D eigenvalue weighted by molar-refractivity contribution is 5.60. The van der Waals surface area contributed by atoms with Crippen molar-refractivity contribution >= 4 is 5.82 Å². The average molecular weight is 203 g/mol. The number of pyridine rings is 1. The molecule has 0 saturated heterocycles. The molecule has 0 atom stereocenters. The van der Waals surface area contributed by atoms with Crippen LogP contribution in [0.5, 0.6) is 0 Å². The summed E-state index contributed by atoms with van der Waals surface area (Å²) in [5.41, 5.74) is 13.0. The Hall–Kier alpha value is -1.88. The number of hydrogen-bond donors (Lipinski definition) is 2. The van der Waals surface area contributed by atoms with Gasteiger partial charge in [0, 0.05) is 30.6 Å². The molecule has 2 rings (SSSR count). The van der Waals surface area contributed by atoms with E-state index in [1.165, 1.54) is 0 Å². The van der Waals surface area contributed by atoms with Gasteiger partial charge in [-0.05, 0) is 12.1 Å². The molecule has 2 aromatic rings. The number of nitrogen functional groups attached to an aromatic ring is 1. The molecule has 0 bridgehead atoms. The van der Waals surface area contributed by atoms with E-state index in [-0.39, 0.29) is 0 Å². The molecule has 78 valence electrons. The lowest BCUT2D eigenvalue weighted by Gasteiger charge is -1.99. The van der Waals surface area contributed by atoms with Crippen molar-refractivity contribution in [2.75, 3.05) is 12.3 Å². The highest BCUT2D eigenvalue weighted by atomic mass is 15.3. The first-order chi connectivity index (χ1) is 7.31. The van der Waals surface area contributed by atoms with E-state index >= 15 is 0 Å². The van der Waals surface area contributed by atoms with Crippen molar-refractivity contribution in [2.24, 2.45) is 5.73 Å². The third-order valence-electron chi connectivity index (χ3n) is 2.11. The number of anilines is 1. The molecular weight excluding hydrogens is 190 g/mol. The number of rotatable bonds is 3. The van der Waals surface area contributed by atoms with Crippen molar-refractivity contribution in [1.82, 2.24) is 14.8 Å². The number of hydrogen-bond acceptors (Lipinski definition) is 4. The maximum Gasteiger partial charge on any atom is 0.122 e. The molecule has 5 heteroatoms. The molecule has 0 amide bonds. The smallest absolute Gasteiger partial charge is 0.122 e. The maximum absolute atomic E-state index is 5.79. The molecule has 0 radical (unpaired) electrons. The molecular formula is C10H13N5. The first kappa shape index (κ1) is 9.67. The molecule has 15 heavy (non-hydrogen) atoms. The fourth-order valence-corrected chi connectivity index (χ4v) is 1.39. The summed E-state index contributed by atoms with van der Waals surface area (Å²) in [4.78, 5) is 4.03. The topological polar surface area (TPSA) is 82.8 Å². The van der Waals surface area contributed by atoms with E-state index < -0.39 is 0 Å². The van der Waals surface area contributed by atoms with Crippen LogP contribution in [0.3, 0.4) is 0 Å². The van der Waals surface area contributed by atoms with Gasteiger partial charge in [0.15, 0.2) is 0 Å². The first-order valence-corrected chi connectivity index (χ1v) is 4.75. The van der Waals surface area contributed by atoms with Crippen molar-refractivity contribution in [1.29, 1.82) is 0 Å². The van der Waals surface area contributed by atoms with E-state index in [0.717, 1.165) is 11.3 Å². The minimum absolute atomic E-state index is 0.526. The Kier molecular flexibility index (Phi) is 2.64. The molecule has 0 aliphatic rings. The largest absolute Gasteiger partial charge is 0.384 e. The van der Waals surface area contributed by atoms with Crippen molar-refractivity contribution in [3.63, 3.8) is 0 Å². The predicted octanol–water partition coefficient (Wildman–Crippen LogP) is 0.486. The van der Waals surface area contributed by atoms with Gasteiger partial charge in [0.2, 0.25) is 0 Å². The van der Waals surface area contributed by atoms with Gasteiger partial charge in [-0.15, -0.1) is 0 Å². The highest BCUT2D eigenvalue weighted by Gasteiger charge is 2.05. The second kappa shape index (κ2) is 4.10. The van der Waals surface area contributed by atoms with E-state index in [2.05, 4.69) is 10.1 Å². The van der Waals surface area contributed by atoms with Crippen LogP contribution in [0.4, 0.5) is 5.82 Å². The molecule has 0 spiro atoms. The van der Waals surface area contributed by atoms with Crippen LogP contribution >= 0.6 is 0 Å². The van der Waals surface area contributed by atoms with Crippen LogP contribution in [0.1, 0.15) is 0 Å². The molecule has 2 heterocycles. The predicted molar refractivity (Wildman–Crippen MR) is 58.9 cm³/mol. The van der Waals surface area contributed by atoms with Crippen LogP contribution < -0.4 is 11.5 Å². The lowest BCUT2D eigenvalue weighted by atomic mass is 10.2. The van der Waals surface area contributed by atoms with Gasteiger partial charge in [-0.2, -0.15) is 5.10 Å². The summed E-state index contributed by atoms with van der Waals surface area (Å²) < 4.78 is 1.70. The molecule has 0 unspecified atom stereocenters. The van der Waals surface area contributed by atoms with Crippen LogP contribution in [-0.2, 0) is 6.54 Å². The Morgan fingerprint density at radius 2 is 2.27 bits per heavy atom. The Labute approximate surface area is 87.7 Å². The molecule has 5 nitrogen and oxygen atoms in total. The van der Waals surface area contributed by atoms with Gasteiger partial charge in [-0.25, -0.2) is 4.68 Å². The van der Waals surface area contributed by atoms with Gasteiger partial charge in [0.05, 0.1) is 12.2 Å². The Bertz CT molecular complexity index is 434. The van der Waals surface area contributed by atoms with Gasteiger partial charge in [-0.3, -0.25) is 4.98 Å². The Morgan fingerprint density at radius 3 is 2.93 bits per heavy atom. The quantitative estimate of drug-likeness (QED) is 0.760. The maximum atomic E-state index is 5.79. The zero-order chi connectivity index (χ0) is 10.7. The minimum Gasteiger partial charge on any atom is -0.384 e. The van der Waals surface area contributed by atoms with Crippen LogP contribution in [0, 0.1) is 0 Å². The normalized spacial score (nSPS) is 10.5. The van der Waals surface area contributed by atoms with Crippen molar-refractivity contribution in [3.05, 3.63) is 30.6 Å². The summed E-state index contributed by atoms with van der Waals surface area (Å²) in [6.07, 6.45) is 3.48. The van der Waals surface area contributed by atoms with Crippen molar-refractivity contribution in [3.8, 4) is 11.3 Å². The van der Waals surface area contributed by atoms with Gasteiger partial charge >= 0.3 is 0 Å². The Balaban J connectivity index is 2.34. The molecule has 0 aromatic carbocycles. The summed E-state index contributed by atoms with van der Waals surface area (Å²) >= 11 is 0. The van der Waals surface area contributed by atoms with E-state index in [1.54, 1.807) is 17.1 Å². The first-order valence-electron chi connectivity index (χ1n) is 4.75. The summed E-state index contributed by atoms with van der Waals surface area (Å²) in [6.45, 7) is 1.16. The summed E-state index contributed by atoms with van der Waals surface area (Å²) in [7, 11) is 0. The van der Waals surface area contributed by atoms with Crippen LogP contribution in [0.2, 0.25) is 0 Å². The number of nitrogens with two attached hydrogens (primary N) is 2. The third-order valence-corrected chi connectivity index (χ3v) is 2.11. The molecule has 4 N–H and O–H groups in total. The molecule has 0 saturated carbocycles. The van der Waals surface area contributed by atoms with Crippen LogP contribution in [-0.4, -0.2) is 21.3 Å². The van der Waals surface area contributed by atoms with Crippen LogP contribution in [0.15, 0.2) is 30.6 Å². The summed E-state index contributed by atoms with van der Waals surface area (Å²) in [5.74, 6) is 0.624. The number of aromatic nitrogens is 3. The summed E-state index contributed by atoms with van der Waals surface area (Å²) in [5, 5.41) is 4.34.